The molecule has 114 valence electrons. The summed E-state index contributed by atoms with van der Waals surface area (Å²) in [6, 6.07) is 5.66. The lowest BCUT2D eigenvalue weighted by Gasteiger charge is -2.20. The maximum Gasteiger partial charge on any atom is 0.325 e. The van der Waals surface area contributed by atoms with Gasteiger partial charge in [-0.15, -0.1) is 0 Å². The van der Waals surface area contributed by atoms with Crippen LogP contribution < -0.4 is 10.5 Å². The highest BCUT2D eigenvalue weighted by atomic mass is 32.2. The number of nitrogens with one attached hydrogen (secondary N) is 1. The molecular formula is C14H19N3O3S. The van der Waals surface area contributed by atoms with Crippen LogP contribution in [0.3, 0.4) is 0 Å². The number of aromatic amines is 1. The third-order valence-electron chi connectivity index (χ3n) is 3.18. The molecule has 3 N–H and O–H groups in total. The fraction of sp³-hybridized carbons (Fsp3) is 0.429. The molecule has 0 aliphatic rings. The lowest BCUT2D eigenvalue weighted by Crippen LogP contribution is -2.46. The van der Waals surface area contributed by atoms with Crippen molar-refractivity contribution in [2.75, 3.05) is 20.0 Å². The van der Waals surface area contributed by atoms with Crippen LogP contribution in [0.1, 0.15) is 13.3 Å². The minimum atomic E-state index is -0.975. The first-order valence-corrected chi connectivity index (χ1v) is 7.48. The van der Waals surface area contributed by atoms with E-state index >= 15 is 0 Å². The number of benzene rings is 1. The number of carbonyl (C=O) groups excluding carboxylic acids is 1. The van der Waals surface area contributed by atoms with Crippen LogP contribution in [-0.4, -0.2) is 41.4 Å². The van der Waals surface area contributed by atoms with Gasteiger partial charge in [-0.05, 0) is 25.5 Å². The van der Waals surface area contributed by atoms with Crippen molar-refractivity contribution in [1.82, 2.24) is 9.97 Å². The van der Waals surface area contributed by atoms with Crippen LogP contribution in [0.15, 0.2) is 23.4 Å². The number of aromatic nitrogens is 2. The molecule has 0 aliphatic heterocycles. The van der Waals surface area contributed by atoms with Gasteiger partial charge in [0.05, 0.1) is 25.3 Å². The Morgan fingerprint density at radius 3 is 2.90 bits per heavy atom. The zero-order valence-electron chi connectivity index (χ0n) is 12.3. The maximum atomic E-state index is 11.5. The molecule has 0 amide bonds. The molecule has 0 aliphatic carbocycles. The Labute approximate surface area is 127 Å². The molecule has 1 atom stereocenters. The molecule has 2 aromatic rings. The number of carbonyl (C=O) groups is 1. The smallest absolute Gasteiger partial charge is 0.325 e. The van der Waals surface area contributed by atoms with E-state index in [-0.39, 0.29) is 0 Å². The zero-order chi connectivity index (χ0) is 15.5. The van der Waals surface area contributed by atoms with Crippen LogP contribution in [0.5, 0.6) is 5.75 Å². The van der Waals surface area contributed by atoms with E-state index in [2.05, 4.69) is 14.7 Å². The summed E-state index contributed by atoms with van der Waals surface area (Å²) in [5.41, 5.74) is 6.73. The van der Waals surface area contributed by atoms with E-state index in [9.17, 15) is 4.79 Å². The van der Waals surface area contributed by atoms with Gasteiger partial charge < -0.3 is 20.2 Å². The third-order valence-corrected chi connectivity index (χ3v) is 4.05. The monoisotopic (exact) mass is 309 g/mol. The Morgan fingerprint density at radius 2 is 2.24 bits per heavy atom. The van der Waals surface area contributed by atoms with E-state index in [1.807, 2.05) is 18.2 Å². The van der Waals surface area contributed by atoms with Crippen molar-refractivity contribution in [2.24, 2.45) is 5.73 Å². The van der Waals surface area contributed by atoms with Crippen molar-refractivity contribution < 1.29 is 14.3 Å². The molecule has 0 saturated heterocycles. The van der Waals surface area contributed by atoms with E-state index < -0.39 is 11.5 Å². The molecule has 7 heteroatoms. The number of rotatable bonds is 6. The second-order valence-corrected chi connectivity index (χ2v) is 6.02. The van der Waals surface area contributed by atoms with Gasteiger partial charge in [0.25, 0.3) is 0 Å². The quantitative estimate of drug-likeness (QED) is 0.626. The van der Waals surface area contributed by atoms with Crippen LogP contribution in [0, 0.1) is 0 Å². The van der Waals surface area contributed by atoms with Gasteiger partial charge in [-0.1, -0.05) is 11.8 Å². The Bertz CT molecular complexity index is 639. The first kappa shape index (κ1) is 15.7. The molecule has 2 rings (SSSR count). The van der Waals surface area contributed by atoms with Gasteiger partial charge in [-0.3, -0.25) is 4.79 Å². The van der Waals surface area contributed by atoms with E-state index in [1.54, 1.807) is 14.0 Å². The minimum absolute atomic E-state index is 0.405. The van der Waals surface area contributed by atoms with E-state index in [1.165, 1.54) is 18.9 Å². The molecule has 1 aromatic heterocycles. The minimum Gasteiger partial charge on any atom is -0.497 e. The van der Waals surface area contributed by atoms with Gasteiger partial charge >= 0.3 is 5.97 Å². The summed E-state index contributed by atoms with van der Waals surface area (Å²) in [5, 5.41) is 0.791. The van der Waals surface area contributed by atoms with Gasteiger partial charge in [0.1, 0.15) is 11.3 Å². The lowest BCUT2D eigenvalue weighted by molar-refractivity contribution is -0.146. The standard InChI is InChI=1S/C14H19N3O3S/c1-14(15,12(18)20-3)6-7-21-13-16-10-5-4-9(19-2)8-11(10)17-13/h4-5,8H,6-7,15H2,1-3H3,(H,16,17). The molecule has 0 saturated carbocycles. The Balaban J connectivity index is 1.99. The third kappa shape index (κ3) is 3.68. The lowest BCUT2D eigenvalue weighted by atomic mass is 10.0. The summed E-state index contributed by atoms with van der Waals surface area (Å²) in [6.45, 7) is 1.67. The average molecular weight is 309 g/mol. The summed E-state index contributed by atoms with van der Waals surface area (Å²) in [5.74, 6) is 1.04. The number of thioether (sulfide) groups is 1. The molecule has 0 fully saturated rings. The van der Waals surface area contributed by atoms with E-state index in [0.29, 0.717) is 12.2 Å². The van der Waals surface area contributed by atoms with Crippen LogP contribution >= 0.6 is 11.8 Å². The number of hydrogen-bond acceptors (Lipinski definition) is 6. The van der Waals surface area contributed by atoms with Crippen molar-refractivity contribution in [3.8, 4) is 5.75 Å². The molecule has 1 heterocycles. The Morgan fingerprint density at radius 1 is 1.48 bits per heavy atom. The number of nitrogens with zero attached hydrogens (tertiary/aromatic N) is 1. The highest BCUT2D eigenvalue weighted by Crippen LogP contribution is 2.24. The van der Waals surface area contributed by atoms with Crippen molar-refractivity contribution in [2.45, 2.75) is 24.0 Å². The van der Waals surface area contributed by atoms with Gasteiger partial charge in [-0.25, -0.2) is 4.98 Å². The summed E-state index contributed by atoms with van der Waals surface area (Å²) in [7, 11) is 2.97. The number of nitrogens with two attached hydrogens (primary N) is 1. The fourth-order valence-electron chi connectivity index (χ4n) is 1.86. The first-order chi connectivity index (χ1) is 9.96. The van der Waals surface area contributed by atoms with Crippen molar-refractivity contribution >= 4 is 28.8 Å². The topological polar surface area (TPSA) is 90.2 Å². The number of fused-ring (bicyclic) bond motifs is 1. The van der Waals surface area contributed by atoms with E-state index in [4.69, 9.17) is 10.5 Å². The van der Waals surface area contributed by atoms with E-state index in [0.717, 1.165) is 21.9 Å². The SMILES string of the molecule is COC(=O)C(C)(N)CCSc1nc2ccc(OC)cc2[nH]1. The van der Waals surface area contributed by atoms with Crippen LogP contribution in [0.25, 0.3) is 11.0 Å². The largest absolute Gasteiger partial charge is 0.497 e. The average Bonchev–Trinajstić information content (AvgIpc) is 2.87. The first-order valence-electron chi connectivity index (χ1n) is 6.50. The summed E-state index contributed by atoms with van der Waals surface area (Å²) >= 11 is 1.52. The molecule has 0 bridgehead atoms. The number of H-pyrrole nitrogens is 1. The highest BCUT2D eigenvalue weighted by molar-refractivity contribution is 7.99. The highest BCUT2D eigenvalue weighted by Gasteiger charge is 2.28. The predicted molar refractivity (Wildman–Crippen MR) is 82.6 cm³/mol. The van der Waals surface area contributed by atoms with Crippen LogP contribution in [0.4, 0.5) is 0 Å². The second-order valence-electron chi connectivity index (χ2n) is 4.93. The van der Waals surface area contributed by atoms with Gasteiger partial charge in [-0.2, -0.15) is 0 Å². The van der Waals surface area contributed by atoms with Crippen molar-refractivity contribution in [3.63, 3.8) is 0 Å². The van der Waals surface area contributed by atoms with Crippen molar-refractivity contribution in [3.05, 3.63) is 18.2 Å². The number of imidazole rings is 1. The summed E-state index contributed by atoms with van der Waals surface area (Å²) in [6.07, 6.45) is 0.505. The normalized spacial score (nSPS) is 13.9. The summed E-state index contributed by atoms with van der Waals surface area (Å²) < 4.78 is 9.85. The van der Waals surface area contributed by atoms with Crippen LogP contribution in [0.2, 0.25) is 0 Å². The molecule has 21 heavy (non-hydrogen) atoms. The van der Waals surface area contributed by atoms with Crippen LogP contribution in [-0.2, 0) is 9.53 Å². The van der Waals surface area contributed by atoms with Gasteiger partial charge in [0.15, 0.2) is 5.16 Å². The number of ether oxygens (including phenoxy) is 2. The molecule has 6 nitrogen and oxygen atoms in total. The zero-order valence-corrected chi connectivity index (χ0v) is 13.1. The molecule has 0 spiro atoms. The maximum absolute atomic E-state index is 11.5. The Hall–Kier alpha value is -1.73. The number of methoxy groups -OCH3 is 2. The molecule has 1 unspecified atom stereocenters. The second kappa shape index (κ2) is 6.36. The fourth-order valence-corrected chi connectivity index (χ4v) is 2.92. The number of esters is 1. The molecule has 1 aromatic carbocycles. The summed E-state index contributed by atoms with van der Waals surface area (Å²) in [4.78, 5) is 19.2. The molecular weight excluding hydrogens is 290 g/mol. The number of hydrogen-bond donors (Lipinski definition) is 2. The Kier molecular flexibility index (Phi) is 4.74. The predicted octanol–water partition coefficient (Wildman–Crippen LogP) is 1.94. The van der Waals surface area contributed by atoms with Crippen molar-refractivity contribution in [1.29, 1.82) is 0 Å². The van der Waals surface area contributed by atoms with Gasteiger partial charge in [0.2, 0.25) is 0 Å². The van der Waals surface area contributed by atoms with Gasteiger partial charge in [0, 0.05) is 11.8 Å². The molecule has 0 radical (unpaired) electrons.